The minimum Gasteiger partial charge on any atom is -0.340 e. The fraction of sp³-hybridized carbons (Fsp3) is 0.100. The summed E-state index contributed by atoms with van der Waals surface area (Å²) in [5.74, 6) is 0. The fourth-order valence-electron chi connectivity index (χ4n) is 3.77. The number of para-hydroxylation sites is 1. The maximum Gasteiger partial charge on any atom is 0.0985 e. The second-order valence-electron chi connectivity index (χ2n) is 5.78. The SMILES string of the molecule is CCn1c2ccccc2c2c3cccnc3c3ncccc3c21. The zero-order valence-corrected chi connectivity index (χ0v) is 12.8. The predicted molar refractivity (Wildman–Crippen MR) is 95.7 cm³/mol. The average Bonchev–Trinajstić information content (AvgIpc) is 2.97. The average molecular weight is 297 g/mol. The van der Waals surface area contributed by atoms with Crippen molar-refractivity contribution in [2.24, 2.45) is 0 Å². The van der Waals surface area contributed by atoms with Crippen LogP contribution < -0.4 is 0 Å². The molecule has 0 atom stereocenters. The minimum absolute atomic E-state index is 0.930. The van der Waals surface area contributed by atoms with Crippen LogP contribution in [0.3, 0.4) is 0 Å². The van der Waals surface area contributed by atoms with E-state index in [9.17, 15) is 0 Å². The highest BCUT2D eigenvalue weighted by Crippen LogP contribution is 2.39. The van der Waals surface area contributed by atoms with Gasteiger partial charge in [0, 0.05) is 46.0 Å². The zero-order chi connectivity index (χ0) is 15.4. The van der Waals surface area contributed by atoms with E-state index in [2.05, 4.69) is 57.9 Å². The Morgan fingerprint density at radius 1 is 0.783 bits per heavy atom. The maximum absolute atomic E-state index is 4.63. The van der Waals surface area contributed by atoms with Gasteiger partial charge in [-0.05, 0) is 31.2 Å². The number of aryl methyl sites for hydroxylation is 1. The summed E-state index contributed by atoms with van der Waals surface area (Å²) in [7, 11) is 0. The van der Waals surface area contributed by atoms with Gasteiger partial charge in [0.2, 0.25) is 0 Å². The van der Waals surface area contributed by atoms with Crippen molar-refractivity contribution in [3.8, 4) is 0 Å². The van der Waals surface area contributed by atoms with Crippen LogP contribution >= 0.6 is 0 Å². The molecule has 3 aromatic heterocycles. The molecule has 0 fully saturated rings. The summed E-state index contributed by atoms with van der Waals surface area (Å²) in [6.45, 7) is 3.13. The molecule has 2 aromatic carbocycles. The first-order chi connectivity index (χ1) is 11.4. The van der Waals surface area contributed by atoms with Crippen LogP contribution in [0, 0.1) is 0 Å². The Hall–Kier alpha value is -2.94. The third-order valence-corrected chi connectivity index (χ3v) is 4.65. The minimum atomic E-state index is 0.930. The van der Waals surface area contributed by atoms with Gasteiger partial charge in [-0.2, -0.15) is 0 Å². The molecule has 0 aliphatic heterocycles. The molecule has 0 aliphatic carbocycles. The van der Waals surface area contributed by atoms with E-state index < -0.39 is 0 Å². The molecule has 0 amide bonds. The molecule has 0 radical (unpaired) electrons. The summed E-state index contributed by atoms with van der Waals surface area (Å²) in [5.41, 5.74) is 4.49. The molecule has 23 heavy (non-hydrogen) atoms. The highest BCUT2D eigenvalue weighted by atomic mass is 15.0. The number of nitrogens with zero attached hydrogens (tertiary/aromatic N) is 3. The molecular formula is C20H15N3. The van der Waals surface area contributed by atoms with Gasteiger partial charge in [0.15, 0.2) is 0 Å². The smallest absolute Gasteiger partial charge is 0.0985 e. The third-order valence-electron chi connectivity index (χ3n) is 4.65. The van der Waals surface area contributed by atoms with Gasteiger partial charge in [-0.15, -0.1) is 0 Å². The van der Waals surface area contributed by atoms with E-state index in [1.54, 1.807) is 0 Å². The van der Waals surface area contributed by atoms with Crippen molar-refractivity contribution in [1.29, 1.82) is 0 Å². The number of fused-ring (bicyclic) bond motifs is 8. The Morgan fingerprint density at radius 2 is 1.43 bits per heavy atom. The van der Waals surface area contributed by atoms with E-state index >= 15 is 0 Å². The van der Waals surface area contributed by atoms with Gasteiger partial charge in [-0.3, -0.25) is 9.97 Å². The van der Waals surface area contributed by atoms with Gasteiger partial charge in [0.25, 0.3) is 0 Å². The van der Waals surface area contributed by atoms with E-state index in [4.69, 9.17) is 0 Å². The topological polar surface area (TPSA) is 30.7 Å². The van der Waals surface area contributed by atoms with Crippen LogP contribution in [0.1, 0.15) is 6.92 Å². The largest absolute Gasteiger partial charge is 0.340 e. The number of aromatic nitrogens is 3. The molecule has 0 saturated carbocycles. The first-order valence-electron chi connectivity index (χ1n) is 7.92. The Morgan fingerprint density at radius 3 is 2.22 bits per heavy atom. The number of pyridine rings is 2. The van der Waals surface area contributed by atoms with Crippen LogP contribution in [0.2, 0.25) is 0 Å². The molecule has 0 unspecified atom stereocenters. The second kappa shape index (κ2) is 4.53. The summed E-state index contributed by atoms with van der Waals surface area (Å²) >= 11 is 0. The molecule has 0 N–H and O–H groups in total. The number of rotatable bonds is 1. The van der Waals surface area contributed by atoms with Crippen LogP contribution in [-0.4, -0.2) is 14.5 Å². The molecule has 3 nitrogen and oxygen atoms in total. The molecule has 3 heterocycles. The maximum atomic E-state index is 4.63. The van der Waals surface area contributed by atoms with Gasteiger partial charge in [-0.25, -0.2) is 0 Å². The molecule has 0 saturated heterocycles. The number of hydrogen-bond acceptors (Lipinski definition) is 2. The third kappa shape index (κ3) is 1.54. The van der Waals surface area contributed by atoms with Crippen LogP contribution in [-0.2, 0) is 6.54 Å². The lowest BCUT2D eigenvalue weighted by molar-refractivity contribution is 0.829. The normalized spacial score (nSPS) is 11.9. The predicted octanol–water partition coefficient (Wildman–Crippen LogP) is 4.91. The van der Waals surface area contributed by atoms with Crippen molar-refractivity contribution in [1.82, 2.24) is 14.5 Å². The molecule has 3 heteroatoms. The highest BCUT2D eigenvalue weighted by Gasteiger charge is 2.17. The van der Waals surface area contributed by atoms with Gasteiger partial charge in [0.05, 0.1) is 16.6 Å². The van der Waals surface area contributed by atoms with Gasteiger partial charge in [-0.1, -0.05) is 24.3 Å². The van der Waals surface area contributed by atoms with E-state index in [1.807, 2.05) is 24.5 Å². The van der Waals surface area contributed by atoms with Crippen molar-refractivity contribution < 1.29 is 0 Å². The highest BCUT2D eigenvalue weighted by molar-refractivity contribution is 6.30. The number of benzene rings is 2. The Bertz CT molecular complexity index is 1200. The van der Waals surface area contributed by atoms with Gasteiger partial charge < -0.3 is 4.57 Å². The standard InChI is InChI=1S/C20H15N3/c1-2-23-16-10-4-3-7-13(16)17-14-8-5-11-21-18(14)19-15(20(17)23)9-6-12-22-19/h3-12H,2H2,1H3. The van der Waals surface area contributed by atoms with Crippen molar-refractivity contribution in [2.75, 3.05) is 0 Å². The van der Waals surface area contributed by atoms with Crippen LogP contribution in [0.5, 0.6) is 0 Å². The molecule has 5 rings (SSSR count). The Kier molecular flexibility index (Phi) is 2.48. The van der Waals surface area contributed by atoms with Crippen molar-refractivity contribution in [3.63, 3.8) is 0 Å². The lowest BCUT2D eigenvalue weighted by atomic mass is 10.0. The van der Waals surface area contributed by atoms with Crippen LogP contribution in [0.4, 0.5) is 0 Å². The molecule has 0 bridgehead atoms. The summed E-state index contributed by atoms with van der Waals surface area (Å²) < 4.78 is 2.39. The summed E-state index contributed by atoms with van der Waals surface area (Å²) in [6, 6.07) is 16.9. The molecule has 110 valence electrons. The van der Waals surface area contributed by atoms with Crippen LogP contribution in [0.15, 0.2) is 60.9 Å². The lowest BCUT2D eigenvalue weighted by Gasteiger charge is -2.08. The Balaban J connectivity index is 2.26. The zero-order valence-electron chi connectivity index (χ0n) is 12.8. The summed E-state index contributed by atoms with van der Waals surface area (Å²) in [4.78, 5) is 9.26. The van der Waals surface area contributed by atoms with E-state index in [-0.39, 0.29) is 0 Å². The molecular weight excluding hydrogens is 282 g/mol. The monoisotopic (exact) mass is 297 g/mol. The molecule has 5 aromatic rings. The molecule has 0 spiro atoms. The van der Waals surface area contributed by atoms with Crippen molar-refractivity contribution >= 4 is 43.6 Å². The van der Waals surface area contributed by atoms with E-state index in [0.29, 0.717) is 0 Å². The first kappa shape index (κ1) is 12.6. The fourth-order valence-corrected chi connectivity index (χ4v) is 3.77. The van der Waals surface area contributed by atoms with E-state index in [1.165, 1.54) is 32.6 Å². The quantitative estimate of drug-likeness (QED) is 0.411. The lowest BCUT2D eigenvalue weighted by Crippen LogP contribution is -1.95. The Labute approximate surface area is 133 Å². The van der Waals surface area contributed by atoms with E-state index in [0.717, 1.165) is 17.6 Å². The number of hydrogen-bond donors (Lipinski definition) is 0. The summed E-state index contributed by atoms with van der Waals surface area (Å²) in [5, 5.41) is 4.92. The summed E-state index contributed by atoms with van der Waals surface area (Å²) in [6.07, 6.45) is 3.70. The first-order valence-corrected chi connectivity index (χ1v) is 7.92. The van der Waals surface area contributed by atoms with Gasteiger partial charge in [0.1, 0.15) is 0 Å². The van der Waals surface area contributed by atoms with Gasteiger partial charge >= 0.3 is 0 Å². The molecule has 0 aliphatic rings. The van der Waals surface area contributed by atoms with Crippen LogP contribution in [0.25, 0.3) is 43.6 Å². The van der Waals surface area contributed by atoms with Crippen molar-refractivity contribution in [2.45, 2.75) is 13.5 Å². The second-order valence-corrected chi connectivity index (χ2v) is 5.78. The van der Waals surface area contributed by atoms with Crippen molar-refractivity contribution in [3.05, 3.63) is 60.9 Å².